The van der Waals surface area contributed by atoms with Crippen LogP contribution in [0, 0.1) is 5.92 Å². The van der Waals surface area contributed by atoms with Crippen LogP contribution in [0.1, 0.15) is 25.8 Å². The van der Waals surface area contributed by atoms with Crippen LogP contribution in [0.3, 0.4) is 0 Å². The highest BCUT2D eigenvalue weighted by atomic mass is 16.5. The van der Waals surface area contributed by atoms with E-state index in [1.165, 1.54) is 12.0 Å². The summed E-state index contributed by atoms with van der Waals surface area (Å²) in [5.74, 6) is -2.25. The van der Waals surface area contributed by atoms with Gasteiger partial charge in [0.1, 0.15) is 0 Å². The topological polar surface area (TPSA) is 72.9 Å². The summed E-state index contributed by atoms with van der Waals surface area (Å²) in [6.45, 7) is 3.94. The van der Waals surface area contributed by atoms with Crippen molar-refractivity contribution in [3.63, 3.8) is 0 Å². The predicted molar refractivity (Wildman–Crippen MR) is 86.4 cm³/mol. The van der Waals surface area contributed by atoms with Crippen LogP contribution in [0.2, 0.25) is 0 Å². The Labute approximate surface area is 141 Å². The second-order valence-corrected chi connectivity index (χ2v) is 5.46. The number of rotatable bonds is 6. The number of amides is 1. The van der Waals surface area contributed by atoms with Gasteiger partial charge in [0, 0.05) is 5.70 Å². The number of benzene rings is 1. The quantitative estimate of drug-likeness (QED) is 0.746. The summed E-state index contributed by atoms with van der Waals surface area (Å²) in [6.07, 6.45) is -0.174. The molecular weight excluding hydrogens is 310 g/mol. The SMILES string of the molecule is CCOC(=O)C1=C(C)N(Cc2ccccc2)C(=O)C1CC(=O)OC. The van der Waals surface area contributed by atoms with Crippen LogP contribution in [-0.2, 0) is 30.4 Å². The standard InChI is InChI=1S/C18H21NO5/c1-4-24-18(22)16-12(2)19(11-13-8-6-5-7-9-13)17(21)14(16)10-15(20)23-3/h5-9,14H,4,10-11H2,1-3H3. The number of carbonyl (C=O) groups is 3. The summed E-state index contributed by atoms with van der Waals surface area (Å²) in [5, 5.41) is 0. The normalized spacial score (nSPS) is 17.2. The van der Waals surface area contributed by atoms with E-state index in [1.54, 1.807) is 13.8 Å². The van der Waals surface area contributed by atoms with Gasteiger partial charge in [-0.3, -0.25) is 9.59 Å². The molecule has 1 aromatic carbocycles. The maximum absolute atomic E-state index is 12.8. The Morgan fingerprint density at radius 3 is 2.46 bits per heavy atom. The summed E-state index contributed by atoms with van der Waals surface area (Å²) in [4.78, 5) is 38.2. The van der Waals surface area contributed by atoms with E-state index in [0.29, 0.717) is 12.2 Å². The molecule has 128 valence electrons. The van der Waals surface area contributed by atoms with Gasteiger partial charge in [-0.15, -0.1) is 0 Å². The van der Waals surface area contributed by atoms with E-state index in [9.17, 15) is 14.4 Å². The zero-order valence-corrected chi connectivity index (χ0v) is 14.1. The van der Waals surface area contributed by atoms with Gasteiger partial charge in [-0.25, -0.2) is 4.79 Å². The number of nitrogens with zero attached hydrogens (tertiary/aromatic N) is 1. The van der Waals surface area contributed by atoms with Gasteiger partial charge in [0.15, 0.2) is 0 Å². The van der Waals surface area contributed by atoms with Crippen LogP contribution in [0.15, 0.2) is 41.6 Å². The van der Waals surface area contributed by atoms with Gasteiger partial charge in [-0.2, -0.15) is 0 Å². The van der Waals surface area contributed by atoms with E-state index in [4.69, 9.17) is 4.74 Å². The Hall–Kier alpha value is -2.63. The number of allylic oxidation sites excluding steroid dienone is 1. The zero-order chi connectivity index (χ0) is 17.7. The first kappa shape index (κ1) is 17.7. The molecule has 1 aliphatic rings. The molecule has 0 saturated heterocycles. The molecule has 0 N–H and O–H groups in total. The molecule has 0 fully saturated rings. The monoisotopic (exact) mass is 331 g/mol. The molecule has 0 radical (unpaired) electrons. The summed E-state index contributed by atoms with van der Waals surface area (Å²) in [5.41, 5.74) is 1.70. The lowest BCUT2D eigenvalue weighted by Crippen LogP contribution is -2.29. The lowest BCUT2D eigenvalue weighted by Gasteiger charge is -2.19. The van der Waals surface area contributed by atoms with E-state index in [2.05, 4.69) is 4.74 Å². The smallest absolute Gasteiger partial charge is 0.336 e. The Kier molecular flexibility index (Phi) is 5.73. The van der Waals surface area contributed by atoms with E-state index in [1.807, 2.05) is 30.3 Å². The minimum Gasteiger partial charge on any atom is -0.469 e. The first-order valence-corrected chi connectivity index (χ1v) is 7.79. The number of hydrogen-bond donors (Lipinski definition) is 0. The fourth-order valence-corrected chi connectivity index (χ4v) is 2.78. The van der Waals surface area contributed by atoms with E-state index in [-0.39, 0.29) is 24.5 Å². The molecule has 1 atom stereocenters. The van der Waals surface area contributed by atoms with Crippen molar-refractivity contribution < 1.29 is 23.9 Å². The van der Waals surface area contributed by atoms with Gasteiger partial charge < -0.3 is 14.4 Å². The molecule has 6 heteroatoms. The van der Waals surface area contributed by atoms with E-state index in [0.717, 1.165) is 5.56 Å². The minimum atomic E-state index is -0.861. The number of ether oxygens (including phenoxy) is 2. The third kappa shape index (κ3) is 3.64. The third-order valence-electron chi connectivity index (χ3n) is 3.98. The van der Waals surface area contributed by atoms with Crippen molar-refractivity contribution in [3.05, 3.63) is 47.2 Å². The molecular formula is C18H21NO5. The molecule has 0 saturated carbocycles. The van der Waals surface area contributed by atoms with Crippen molar-refractivity contribution in [2.75, 3.05) is 13.7 Å². The number of methoxy groups -OCH3 is 1. The molecule has 0 aromatic heterocycles. The van der Waals surface area contributed by atoms with Gasteiger partial charge in [0.2, 0.25) is 5.91 Å². The van der Waals surface area contributed by atoms with Crippen molar-refractivity contribution in [1.29, 1.82) is 0 Å². The molecule has 1 aromatic rings. The van der Waals surface area contributed by atoms with Crippen LogP contribution < -0.4 is 0 Å². The van der Waals surface area contributed by atoms with E-state index >= 15 is 0 Å². The van der Waals surface area contributed by atoms with Gasteiger partial charge in [0.05, 0.1) is 38.2 Å². The first-order valence-electron chi connectivity index (χ1n) is 7.79. The Morgan fingerprint density at radius 1 is 1.21 bits per heavy atom. The van der Waals surface area contributed by atoms with Crippen molar-refractivity contribution in [3.8, 4) is 0 Å². The fourth-order valence-electron chi connectivity index (χ4n) is 2.78. The molecule has 1 heterocycles. The summed E-state index contributed by atoms with van der Waals surface area (Å²) >= 11 is 0. The lowest BCUT2D eigenvalue weighted by molar-refractivity contribution is -0.145. The van der Waals surface area contributed by atoms with E-state index < -0.39 is 17.9 Å². The third-order valence-corrected chi connectivity index (χ3v) is 3.98. The highest BCUT2D eigenvalue weighted by Gasteiger charge is 2.42. The average Bonchev–Trinajstić information content (AvgIpc) is 2.80. The van der Waals surface area contributed by atoms with Crippen molar-refractivity contribution in [2.45, 2.75) is 26.8 Å². The molecule has 1 aliphatic heterocycles. The molecule has 2 rings (SSSR count). The average molecular weight is 331 g/mol. The summed E-state index contributed by atoms with van der Waals surface area (Å²) < 4.78 is 9.71. The predicted octanol–water partition coefficient (Wildman–Crippen LogP) is 2.05. The maximum Gasteiger partial charge on any atom is 0.336 e. The maximum atomic E-state index is 12.8. The highest BCUT2D eigenvalue weighted by molar-refractivity contribution is 6.03. The Morgan fingerprint density at radius 2 is 1.88 bits per heavy atom. The second kappa shape index (κ2) is 7.77. The summed E-state index contributed by atoms with van der Waals surface area (Å²) in [7, 11) is 1.25. The van der Waals surface area contributed by atoms with Crippen LogP contribution in [0.5, 0.6) is 0 Å². The first-order chi connectivity index (χ1) is 11.5. The van der Waals surface area contributed by atoms with Gasteiger partial charge in [0.25, 0.3) is 0 Å². The van der Waals surface area contributed by atoms with Crippen LogP contribution >= 0.6 is 0 Å². The fraction of sp³-hybridized carbons (Fsp3) is 0.389. The van der Waals surface area contributed by atoms with Crippen molar-refractivity contribution >= 4 is 17.8 Å². The zero-order valence-electron chi connectivity index (χ0n) is 14.1. The van der Waals surface area contributed by atoms with Crippen molar-refractivity contribution in [1.82, 2.24) is 4.90 Å². The Bertz CT molecular complexity index is 665. The number of carbonyl (C=O) groups excluding carboxylic acids is 3. The van der Waals surface area contributed by atoms with Crippen LogP contribution in [0.4, 0.5) is 0 Å². The molecule has 0 aliphatic carbocycles. The van der Waals surface area contributed by atoms with Gasteiger partial charge in [-0.1, -0.05) is 30.3 Å². The molecule has 0 bridgehead atoms. The highest BCUT2D eigenvalue weighted by Crippen LogP contribution is 2.34. The van der Waals surface area contributed by atoms with Crippen LogP contribution in [0.25, 0.3) is 0 Å². The largest absolute Gasteiger partial charge is 0.469 e. The Balaban J connectivity index is 2.33. The number of hydrogen-bond acceptors (Lipinski definition) is 5. The number of esters is 2. The van der Waals surface area contributed by atoms with Gasteiger partial charge in [-0.05, 0) is 19.4 Å². The molecule has 24 heavy (non-hydrogen) atoms. The molecule has 6 nitrogen and oxygen atoms in total. The minimum absolute atomic E-state index is 0.174. The van der Waals surface area contributed by atoms with Crippen molar-refractivity contribution in [2.24, 2.45) is 5.92 Å². The van der Waals surface area contributed by atoms with Crippen LogP contribution in [-0.4, -0.2) is 36.5 Å². The molecule has 1 amide bonds. The lowest BCUT2D eigenvalue weighted by atomic mass is 9.96. The van der Waals surface area contributed by atoms with Gasteiger partial charge >= 0.3 is 11.9 Å². The molecule has 0 spiro atoms. The summed E-state index contributed by atoms with van der Waals surface area (Å²) in [6, 6.07) is 9.46. The second-order valence-electron chi connectivity index (χ2n) is 5.46. The molecule has 1 unspecified atom stereocenters.